The van der Waals surface area contributed by atoms with Crippen molar-refractivity contribution in [3.8, 4) is 0 Å². The number of Topliss-reactive ketones (excluding diaryl/α,β-unsaturated/α-hetero) is 1. The Morgan fingerprint density at radius 2 is 1.63 bits per heavy atom. The lowest BCUT2D eigenvalue weighted by atomic mass is 9.46. The Kier molecular flexibility index (Phi) is 10.4. The Morgan fingerprint density at radius 1 is 0.981 bits per heavy atom. The number of hydrogen-bond acceptors (Lipinski definition) is 11. The number of ether oxygens (including phenoxy) is 4. The van der Waals surface area contributed by atoms with E-state index in [1.807, 2.05) is 19.1 Å². The lowest BCUT2D eigenvalue weighted by Gasteiger charge is -2.64. The molecule has 2 bridgehead atoms. The molecule has 2 aromatic rings. The van der Waals surface area contributed by atoms with Gasteiger partial charge in [-0.3, -0.25) is 9.59 Å². The van der Waals surface area contributed by atoms with Gasteiger partial charge in [0.25, 0.3) is 0 Å². The van der Waals surface area contributed by atoms with E-state index < -0.39 is 94.2 Å². The van der Waals surface area contributed by atoms with Crippen molar-refractivity contribution in [1.82, 2.24) is 5.32 Å². The zero-order valence-corrected chi connectivity index (χ0v) is 32.3. The first-order chi connectivity index (χ1) is 25.2. The fourth-order valence-corrected chi connectivity index (χ4v) is 9.20. The molecule has 2 aromatic carbocycles. The van der Waals surface area contributed by atoms with Gasteiger partial charge in [0, 0.05) is 30.1 Å². The molecule has 10 atom stereocenters. The molecule has 12 heteroatoms. The van der Waals surface area contributed by atoms with Crippen molar-refractivity contribution in [2.45, 2.75) is 122 Å². The number of carbonyl (C=O) groups excluding carboxylic acids is 4. The van der Waals surface area contributed by atoms with Crippen LogP contribution in [0.3, 0.4) is 0 Å². The number of carbonyl (C=O) groups is 4. The third kappa shape index (κ3) is 6.86. The van der Waals surface area contributed by atoms with E-state index >= 15 is 0 Å². The second-order valence-corrected chi connectivity index (χ2v) is 17.2. The third-order valence-corrected chi connectivity index (χ3v) is 12.4. The summed E-state index contributed by atoms with van der Waals surface area (Å²) in [7, 11) is 0. The van der Waals surface area contributed by atoms with Crippen molar-refractivity contribution in [1.29, 1.82) is 0 Å². The van der Waals surface area contributed by atoms with Crippen molar-refractivity contribution < 1.29 is 53.4 Å². The van der Waals surface area contributed by atoms with Crippen LogP contribution in [-0.2, 0) is 28.5 Å². The van der Waals surface area contributed by atoms with E-state index in [1.165, 1.54) is 0 Å². The van der Waals surface area contributed by atoms with Crippen molar-refractivity contribution >= 4 is 23.8 Å². The Morgan fingerprint density at radius 3 is 2.22 bits per heavy atom. The highest BCUT2D eigenvalue weighted by molar-refractivity contribution is 5.94. The first-order valence-electron chi connectivity index (χ1n) is 18.7. The van der Waals surface area contributed by atoms with Crippen LogP contribution in [0.1, 0.15) is 95.3 Å². The maximum atomic E-state index is 14.7. The minimum Gasteiger partial charge on any atom is -0.458 e. The summed E-state index contributed by atoms with van der Waals surface area (Å²) in [6, 6.07) is 14.7. The van der Waals surface area contributed by atoms with E-state index in [0.29, 0.717) is 11.1 Å². The molecule has 1 amide bonds. The molecule has 3 aliphatic carbocycles. The van der Waals surface area contributed by atoms with Gasteiger partial charge >= 0.3 is 18.0 Å². The molecule has 1 saturated heterocycles. The van der Waals surface area contributed by atoms with Crippen LogP contribution in [0, 0.1) is 29.6 Å². The Bertz CT molecular complexity index is 1810. The summed E-state index contributed by atoms with van der Waals surface area (Å²) in [6.45, 7) is 13.9. The van der Waals surface area contributed by atoms with E-state index in [4.69, 9.17) is 18.9 Å². The van der Waals surface area contributed by atoms with Gasteiger partial charge in [0.15, 0.2) is 5.78 Å². The Balaban J connectivity index is 1.41. The van der Waals surface area contributed by atoms with E-state index in [1.54, 1.807) is 90.9 Å². The molecule has 1 heterocycles. The van der Waals surface area contributed by atoms with Gasteiger partial charge in [0.1, 0.15) is 29.5 Å². The summed E-state index contributed by atoms with van der Waals surface area (Å²) in [5.74, 6) is -3.52. The number of esters is 2. The zero-order chi connectivity index (χ0) is 39.5. The summed E-state index contributed by atoms with van der Waals surface area (Å²) in [6.07, 6.45) is -7.27. The number of amides is 1. The van der Waals surface area contributed by atoms with E-state index in [0.717, 1.165) is 5.56 Å². The van der Waals surface area contributed by atoms with Gasteiger partial charge in [-0.25, -0.2) is 9.59 Å². The first-order valence-corrected chi connectivity index (χ1v) is 18.7. The molecule has 4 aliphatic rings. The highest BCUT2D eigenvalue weighted by Gasteiger charge is 2.72. The molecule has 4 N–H and O–H groups in total. The summed E-state index contributed by atoms with van der Waals surface area (Å²) in [5.41, 5.74) is -3.55. The monoisotopic (exact) mass is 747 g/mol. The molecule has 2 saturated carbocycles. The number of alkyl carbamates (subject to hydrolysis) is 1. The normalized spacial score (nSPS) is 33.5. The van der Waals surface area contributed by atoms with Crippen molar-refractivity contribution in [3.05, 3.63) is 82.4 Å². The highest BCUT2D eigenvalue weighted by atomic mass is 16.6. The third-order valence-electron chi connectivity index (χ3n) is 12.4. The van der Waals surface area contributed by atoms with E-state index in [2.05, 4.69) is 5.32 Å². The van der Waals surface area contributed by atoms with Crippen LogP contribution >= 0.6 is 0 Å². The minimum atomic E-state index is -2.03. The quantitative estimate of drug-likeness (QED) is 0.172. The number of fused-ring (bicyclic) bond motifs is 5. The van der Waals surface area contributed by atoms with Gasteiger partial charge in [0.2, 0.25) is 0 Å². The molecule has 3 fully saturated rings. The van der Waals surface area contributed by atoms with Gasteiger partial charge in [-0.2, -0.15) is 0 Å². The number of aliphatic hydroxyl groups excluding tert-OH is 2. The van der Waals surface area contributed by atoms with E-state index in [9.17, 15) is 34.5 Å². The van der Waals surface area contributed by atoms with Gasteiger partial charge in [-0.15, -0.1) is 0 Å². The maximum Gasteiger partial charge on any atom is 0.408 e. The van der Waals surface area contributed by atoms with Crippen LogP contribution in [0.4, 0.5) is 4.79 Å². The smallest absolute Gasteiger partial charge is 0.408 e. The number of aliphatic hydroxyl groups is 3. The number of rotatable bonds is 7. The fourth-order valence-electron chi connectivity index (χ4n) is 9.20. The maximum absolute atomic E-state index is 14.7. The van der Waals surface area contributed by atoms with Crippen LogP contribution in [0.2, 0.25) is 0 Å². The number of benzene rings is 2. The van der Waals surface area contributed by atoms with Gasteiger partial charge < -0.3 is 39.6 Å². The molecule has 0 aromatic heterocycles. The molecule has 0 radical (unpaired) electrons. The standard InChI is InChI=1S/C42H53NO11/c1-22-14-16-24(17-15-22)27(43-38(49)54-39(3,4)5)18-31(45)52-29-20-42(50)36(53-37(48)25-12-10-9-11-13-25)33-26-21-51-28(26)19-30(44)41(33,8)35(47)34(46)32(23(29)2)40(42,6)7/h9-17,26-30,33-34,36,44,46,50H,18-21H2,1-8H3,(H,43,49)/t26?,27-,28-,29+,30?,33?,34-,36?,41-,42-/m1/s1. The molecular weight excluding hydrogens is 694 g/mol. The Hall–Kier alpha value is -4.10. The molecule has 54 heavy (non-hydrogen) atoms. The molecule has 1 aliphatic heterocycles. The van der Waals surface area contributed by atoms with Crippen molar-refractivity contribution in [2.24, 2.45) is 22.7 Å². The predicted molar refractivity (Wildman–Crippen MR) is 196 cm³/mol. The minimum absolute atomic E-state index is 0.126. The average molecular weight is 748 g/mol. The lowest BCUT2D eigenvalue weighted by Crippen LogP contribution is -2.75. The van der Waals surface area contributed by atoms with Crippen LogP contribution in [0.5, 0.6) is 0 Å². The van der Waals surface area contributed by atoms with Gasteiger partial charge in [-0.05, 0) is 70.4 Å². The van der Waals surface area contributed by atoms with Crippen LogP contribution < -0.4 is 5.32 Å². The number of nitrogens with one attached hydrogen (secondary N) is 1. The highest BCUT2D eigenvalue weighted by Crippen LogP contribution is 2.62. The Labute approximate surface area is 316 Å². The van der Waals surface area contributed by atoms with Crippen molar-refractivity contribution in [2.75, 3.05) is 6.61 Å². The average Bonchev–Trinajstić information content (AvgIpc) is 3.08. The first kappa shape index (κ1) is 39.6. The predicted octanol–water partition coefficient (Wildman–Crippen LogP) is 4.91. The van der Waals surface area contributed by atoms with Crippen molar-refractivity contribution in [3.63, 3.8) is 0 Å². The summed E-state index contributed by atoms with van der Waals surface area (Å²) < 4.78 is 23.8. The molecule has 12 nitrogen and oxygen atoms in total. The van der Waals surface area contributed by atoms with Crippen LogP contribution in [0.25, 0.3) is 0 Å². The van der Waals surface area contributed by atoms with Crippen LogP contribution in [0.15, 0.2) is 65.7 Å². The summed E-state index contributed by atoms with van der Waals surface area (Å²) in [5, 5.41) is 39.7. The SMILES string of the molecule is CC1=C2[C@@H](O)C(=O)[C@]3(C)C(O)C[C@H]4OCC4C3C(OC(=O)c3ccccc3)[C@](O)(C[C@@H]1OC(=O)C[C@@H](NC(=O)OC(C)(C)C)c1ccc(C)cc1)C2(C)C. The molecule has 6 rings (SSSR count). The second kappa shape index (κ2) is 14.2. The molecule has 292 valence electrons. The van der Waals surface area contributed by atoms with E-state index in [-0.39, 0.29) is 37.0 Å². The number of aryl methyl sites for hydroxylation is 1. The second-order valence-electron chi connectivity index (χ2n) is 17.2. The van der Waals surface area contributed by atoms with Gasteiger partial charge in [-0.1, -0.05) is 61.9 Å². The lowest BCUT2D eigenvalue weighted by molar-refractivity contribution is -0.277. The topological polar surface area (TPSA) is 178 Å². The molecule has 0 spiro atoms. The fraction of sp³-hybridized carbons (Fsp3) is 0.571. The zero-order valence-electron chi connectivity index (χ0n) is 32.3. The summed E-state index contributed by atoms with van der Waals surface area (Å²) >= 11 is 0. The molecule has 4 unspecified atom stereocenters. The summed E-state index contributed by atoms with van der Waals surface area (Å²) in [4.78, 5) is 55.4. The molecular formula is C42H53NO11. The van der Waals surface area contributed by atoms with Gasteiger partial charge in [0.05, 0.1) is 42.3 Å². The largest absolute Gasteiger partial charge is 0.458 e. The van der Waals surface area contributed by atoms with Crippen LogP contribution in [-0.4, -0.2) is 87.5 Å². The number of ketones is 1. The number of hydrogen-bond donors (Lipinski definition) is 4.